The molecule has 0 unspecified atom stereocenters. The number of hydrogen-bond donors (Lipinski definition) is 1. The minimum atomic E-state index is 0.701. The predicted octanol–water partition coefficient (Wildman–Crippen LogP) is 0.107. The summed E-state index contributed by atoms with van der Waals surface area (Å²) in [6.45, 7) is 2.22. The SMILES string of the molecule is Cn1cncc1C1CNC1. The first kappa shape index (κ1) is 5.92. The molecule has 1 aliphatic heterocycles. The number of nitrogens with one attached hydrogen (secondary N) is 1. The molecule has 3 nitrogen and oxygen atoms in total. The third-order valence-electron chi connectivity index (χ3n) is 2.05. The van der Waals surface area contributed by atoms with Crippen LogP contribution < -0.4 is 5.32 Å². The highest BCUT2D eigenvalue weighted by Gasteiger charge is 2.20. The Kier molecular flexibility index (Phi) is 1.24. The smallest absolute Gasteiger partial charge is 0.0945 e. The molecule has 54 valence electrons. The largest absolute Gasteiger partial charge is 0.337 e. The number of rotatable bonds is 1. The van der Waals surface area contributed by atoms with Gasteiger partial charge in [0.1, 0.15) is 0 Å². The van der Waals surface area contributed by atoms with Gasteiger partial charge in [-0.2, -0.15) is 0 Å². The van der Waals surface area contributed by atoms with Crippen LogP contribution in [0.1, 0.15) is 11.6 Å². The Labute approximate surface area is 60.1 Å². The van der Waals surface area contributed by atoms with Crippen molar-refractivity contribution in [1.82, 2.24) is 14.9 Å². The maximum Gasteiger partial charge on any atom is 0.0945 e. The standard InChI is InChI=1S/C7H11N3/c1-10-5-9-4-7(10)6-2-8-3-6/h4-6,8H,2-3H2,1H3. The summed E-state index contributed by atoms with van der Waals surface area (Å²) in [5, 5.41) is 3.24. The second kappa shape index (κ2) is 2.09. The fraction of sp³-hybridized carbons (Fsp3) is 0.571. The van der Waals surface area contributed by atoms with E-state index >= 15 is 0 Å². The van der Waals surface area contributed by atoms with Gasteiger partial charge in [0.25, 0.3) is 0 Å². The van der Waals surface area contributed by atoms with Gasteiger partial charge in [-0.25, -0.2) is 4.98 Å². The fourth-order valence-electron chi connectivity index (χ4n) is 1.26. The van der Waals surface area contributed by atoms with Gasteiger partial charge < -0.3 is 9.88 Å². The van der Waals surface area contributed by atoms with E-state index < -0.39 is 0 Å². The molecule has 0 aromatic carbocycles. The van der Waals surface area contributed by atoms with E-state index in [0.717, 1.165) is 13.1 Å². The predicted molar refractivity (Wildman–Crippen MR) is 38.8 cm³/mol. The zero-order chi connectivity index (χ0) is 6.97. The summed E-state index contributed by atoms with van der Waals surface area (Å²) >= 11 is 0. The highest BCUT2D eigenvalue weighted by molar-refractivity contribution is 5.10. The van der Waals surface area contributed by atoms with Gasteiger partial charge in [0.05, 0.1) is 6.33 Å². The zero-order valence-corrected chi connectivity index (χ0v) is 6.04. The molecule has 1 saturated heterocycles. The van der Waals surface area contributed by atoms with E-state index in [1.807, 2.05) is 19.6 Å². The summed E-state index contributed by atoms with van der Waals surface area (Å²) in [7, 11) is 2.04. The monoisotopic (exact) mass is 137 g/mol. The quantitative estimate of drug-likeness (QED) is 0.595. The Balaban J connectivity index is 2.23. The summed E-state index contributed by atoms with van der Waals surface area (Å²) in [4.78, 5) is 4.06. The molecule has 1 fully saturated rings. The Morgan fingerprint density at radius 2 is 2.50 bits per heavy atom. The maximum atomic E-state index is 4.06. The zero-order valence-electron chi connectivity index (χ0n) is 6.04. The van der Waals surface area contributed by atoms with Crippen LogP contribution in [0, 0.1) is 0 Å². The molecule has 1 aliphatic rings. The first-order chi connectivity index (χ1) is 4.88. The van der Waals surface area contributed by atoms with Gasteiger partial charge >= 0.3 is 0 Å². The number of aromatic nitrogens is 2. The number of imidazole rings is 1. The van der Waals surface area contributed by atoms with E-state index in [0.29, 0.717) is 5.92 Å². The molecule has 0 aliphatic carbocycles. The van der Waals surface area contributed by atoms with Crippen LogP contribution in [0.2, 0.25) is 0 Å². The van der Waals surface area contributed by atoms with Crippen molar-refractivity contribution >= 4 is 0 Å². The van der Waals surface area contributed by atoms with Crippen molar-refractivity contribution in [1.29, 1.82) is 0 Å². The van der Waals surface area contributed by atoms with Crippen LogP contribution in [0.4, 0.5) is 0 Å². The highest BCUT2D eigenvalue weighted by atomic mass is 15.1. The van der Waals surface area contributed by atoms with Crippen molar-refractivity contribution in [3.05, 3.63) is 18.2 Å². The minimum absolute atomic E-state index is 0.701. The lowest BCUT2D eigenvalue weighted by Gasteiger charge is -2.26. The van der Waals surface area contributed by atoms with Gasteiger partial charge in [0, 0.05) is 37.9 Å². The third-order valence-corrected chi connectivity index (χ3v) is 2.05. The summed E-state index contributed by atoms with van der Waals surface area (Å²) in [6, 6.07) is 0. The van der Waals surface area contributed by atoms with E-state index in [1.165, 1.54) is 5.69 Å². The van der Waals surface area contributed by atoms with E-state index in [2.05, 4.69) is 14.9 Å². The van der Waals surface area contributed by atoms with Crippen LogP contribution in [-0.2, 0) is 7.05 Å². The molecule has 2 heterocycles. The molecule has 2 rings (SSSR count). The fourth-order valence-corrected chi connectivity index (χ4v) is 1.26. The van der Waals surface area contributed by atoms with Crippen LogP contribution in [0.25, 0.3) is 0 Å². The Morgan fingerprint density at radius 1 is 1.70 bits per heavy atom. The number of aryl methyl sites for hydroxylation is 1. The van der Waals surface area contributed by atoms with Gasteiger partial charge in [0.15, 0.2) is 0 Å². The van der Waals surface area contributed by atoms with Crippen molar-refractivity contribution in [2.75, 3.05) is 13.1 Å². The van der Waals surface area contributed by atoms with Gasteiger partial charge in [-0.05, 0) is 0 Å². The highest BCUT2D eigenvalue weighted by Crippen LogP contribution is 2.17. The van der Waals surface area contributed by atoms with Crippen LogP contribution in [0.15, 0.2) is 12.5 Å². The molecule has 0 amide bonds. The topological polar surface area (TPSA) is 29.9 Å². The summed E-state index contributed by atoms with van der Waals surface area (Å²) in [6.07, 6.45) is 3.80. The van der Waals surface area contributed by atoms with Crippen molar-refractivity contribution in [2.24, 2.45) is 7.05 Å². The van der Waals surface area contributed by atoms with Crippen LogP contribution >= 0.6 is 0 Å². The lowest BCUT2D eigenvalue weighted by Crippen LogP contribution is -2.40. The van der Waals surface area contributed by atoms with Crippen LogP contribution in [0.3, 0.4) is 0 Å². The molecule has 1 aromatic rings. The minimum Gasteiger partial charge on any atom is -0.337 e. The third kappa shape index (κ3) is 0.743. The normalized spacial score (nSPS) is 18.9. The molecule has 0 bridgehead atoms. The Hall–Kier alpha value is -0.830. The average Bonchev–Trinajstić information content (AvgIpc) is 2.12. The average molecular weight is 137 g/mol. The number of nitrogens with zero attached hydrogens (tertiary/aromatic N) is 2. The summed E-state index contributed by atoms with van der Waals surface area (Å²) in [5.41, 5.74) is 1.35. The Bertz CT molecular complexity index is 225. The first-order valence-electron chi connectivity index (χ1n) is 3.55. The molecule has 10 heavy (non-hydrogen) atoms. The number of hydrogen-bond acceptors (Lipinski definition) is 2. The van der Waals surface area contributed by atoms with Gasteiger partial charge in [0.2, 0.25) is 0 Å². The molecular weight excluding hydrogens is 126 g/mol. The van der Waals surface area contributed by atoms with Crippen molar-refractivity contribution in [3.63, 3.8) is 0 Å². The first-order valence-corrected chi connectivity index (χ1v) is 3.55. The second-order valence-corrected chi connectivity index (χ2v) is 2.78. The summed E-state index contributed by atoms with van der Waals surface area (Å²) < 4.78 is 2.09. The van der Waals surface area contributed by atoms with E-state index in [1.54, 1.807) is 0 Å². The lowest BCUT2D eigenvalue weighted by atomic mass is 10.0. The molecular formula is C7H11N3. The maximum absolute atomic E-state index is 4.06. The van der Waals surface area contributed by atoms with Crippen LogP contribution in [0.5, 0.6) is 0 Å². The van der Waals surface area contributed by atoms with Gasteiger partial charge in [-0.1, -0.05) is 0 Å². The van der Waals surface area contributed by atoms with Crippen molar-refractivity contribution < 1.29 is 0 Å². The molecule has 1 aromatic heterocycles. The van der Waals surface area contributed by atoms with Crippen molar-refractivity contribution in [2.45, 2.75) is 5.92 Å². The molecule has 0 radical (unpaired) electrons. The second-order valence-electron chi connectivity index (χ2n) is 2.78. The van der Waals surface area contributed by atoms with E-state index in [-0.39, 0.29) is 0 Å². The molecule has 0 saturated carbocycles. The van der Waals surface area contributed by atoms with E-state index in [4.69, 9.17) is 0 Å². The molecule has 1 N–H and O–H groups in total. The lowest BCUT2D eigenvalue weighted by molar-refractivity contribution is 0.431. The molecule has 3 heteroatoms. The molecule has 0 atom stereocenters. The van der Waals surface area contributed by atoms with Gasteiger partial charge in [-0.3, -0.25) is 0 Å². The van der Waals surface area contributed by atoms with E-state index in [9.17, 15) is 0 Å². The Morgan fingerprint density at radius 3 is 2.90 bits per heavy atom. The van der Waals surface area contributed by atoms with Crippen molar-refractivity contribution in [3.8, 4) is 0 Å². The summed E-state index contributed by atoms with van der Waals surface area (Å²) in [5.74, 6) is 0.701. The molecule has 0 spiro atoms. The van der Waals surface area contributed by atoms with Gasteiger partial charge in [-0.15, -0.1) is 0 Å². The van der Waals surface area contributed by atoms with Crippen LogP contribution in [-0.4, -0.2) is 22.6 Å².